The van der Waals surface area contributed by atoms with E-state index in [4.69, 9.17) is 5.73 Å². The van der Waals surface area contributed by atoms with Crippen molar-refractivity contribution < 1.29 is 0 Å². The first-order valence-electron chi connectivity index (χ1n) is 6.84. The number of anilines is 2. The molecule has 0 radical (unpaired) electrons. The van der Waals surface area contributed by atoms with Gasteiger partial charge in [-0.3, -0.25) is 0 Å². The number of nitrogens with zero attached hydrogens (tertiary/aromatic N) is 2. The molecule has 1 aliphatic heterocycles. The minimum atomic E-state index is 0.683. The third kappa shape index (κ3) is 1.90. The summed E-state index contributed by atoms with van der Waals surface area (Å²) in [5, 5.41) is 0. The van der Waals surface area contributed by atoms with Crippen LogP contribution in [0.4, 0.5) is 11.6 Å². The zero-order valence-corrected chi connectivity index (χ0v) is 10.6. The maximum Gasteiger partial charge on any atom is 0.171 e. The maximum absolute atomic E-state index is 6.02. The van der Waals surface area contributed by atoms with Gasteiger partial charge < -0.3 is 15.6 Å². The summed E-state index contributed by atoms with van der Waals surface area (Å²) in [5.74, 6) is 3.53. The summed E-state index contributed by atoms with van der Waals surface area (Å²) >= 11 is 0. The highest BCUT2D eigenvalue weighted by molar-refractivity contribution is 5.60. The van der Waals surface area contributed by atoms with E-state index in [1.807, 2.05) is 6.92 Å². The molecule has 0 aromatic carbocycles. The van der Waals surface area contributed by atoms with Crippen LogP contribution in [0.5, 0.6) is 0 Å². The molecule has 0 bridgehead atoms. The zero-order valence-electron chi connectivity index (χ0n) is 10.6. The Morgan fingerprint density at radius 1 is 1.24 bits per heavy atom. The van der Waals surface area contributed by atoms with Crippen LogP contribution in [0.25, 0.3) is 0 Å². The first-order chi connectivity index (χ1) is 8.25. The van der Waals surface area contributed by atoms with Crippen LogP contribution in [0.15, 0.2) is 0 Å². The molecule has 0 spiro atoms. The van der Waals surface area contributed by atoms with Crippen molar-refractivity contribution in [1.82, 2.24) is 9.97 Å². The predicted octanol–water partition coefficient (Wildman–Crippen LogP) is 2.46. The lowest BCUT2D eigenvalue weighted by molar-refractivity contribution is 0.429. The van der Waals surface area contributed by atoms with Gasteiger partial charge in [-0.1, -0.05) is 12.8 Å². The quantitative estimate of drug-likeness (QED) is 0.826. The second kappa shape index (κ2) is 4.24. The van der Waals surface area contributed by atoms with Crippen LogP contribution >= 0.6 is 0 Å². The van der Waals surface area contributed by atoms with Crippen LogP contribution in [0.3, 0.4) is 0 Å². The Bertz CT molecular complexity index is 392. The van der Waals surface area contributed by atoms with Crippen LogP contribution < -0.4 is 10.6 Å². The number of H-pyrrole nitrogens is 1. The first-order valence-corrected chi connectivity index (χ1v) is 6.84. The van der Waals surface area contributed by atoms with Gasteiger partial charge in [0.15, 0.2) is 5.82 Å². The van der Waals surface area contributed by atoms with Gasteiger partial charge in [0.1, 0.15) is 11.6 Å². The Morgan fingerprint density at radius 2 is 2.00 bits per heavy atom. The number of nitrogens with two attached hydrogens (primary N) is 1. The van der Waals surface area contributed by atoms with E-state index in [9.17, 15) is 0 Å². The van der Waals surface area contributed by atoms with Crippen molar-refractivity contribution in [2.45, 2.75) is 51.5 Å². The largest absolute Gasteiger partial charge is 0.382 e. The van der Waals surface area contributed by atoms with E-state index in [0.29, 0.717) is 6.04 Å². The molecular formula is C13H22N4. The topological polar surface area (TPSA) is 57.9 Å². The molecule has 1 saturated carbocycles. The van der Waals surface area contributed by atoms with Gasteiger partial charge in [0.2, 0.25) is 0 Å². The summed E-state index contributed by atoms with van der Waals surface area (Å²) in [7, 11) is 0. The standard InChI is InChI=1S/C13H22N4/c1-9-15-12(14)13(16-9)17-8-4-7-11(17)10-5-2-3-6-10/h10-11H,2-8,14H2,1H3,(H,15,16). The Hall–Kier alpha value is -1.19. The van der Waals surface area contributed by atoms with Crippen LogP contribution in [0.2, 0.25) is 0 Å². The smallest absolute Gasteiger partial charge is 0.171 e. The molecule has 1 unspecified atom stereocenters. The fourth-order valence-corrected chi connectivity index (χ4v) is 3.60. The van der Waals surface area contributed by atoms with Gasteiger partial charge in [-0.25, -0.2) is 4.98 Å². The van der Waals surface area contributed by atoms with Crippen molar-refractivity contribution in [3.63, 3.8) is 0 Å². The molecular weight excluding hydrogens is 212 g/mol. The molecule has 1 aromatic heterocycles. The summed E-state index contributed by atoms with van der Waals surface area (Å²) in [5.41, 5.74) is 6.02. The van der Waals surface area contributed by atoms with E-state index in [1.54, 1.807) is 0 Å². The summed E-state index contributed by atoms with van der Waals surface area (Å²) < 4.78 is 0. The minimum absolute atomic E-state index is 0.683. The molecule has 94 valence electrons. The van der Waals surface area contributed by atoms with Crippen molar-refractivity contribution >= 4 is 11.6 Å². The third-order valence-electron chi connectivity index (χ3n) is 4.35. The van der Waals surface area contributed by atoms with Gasteiger partial charge in [-0.15, -0.1) is 0 Å². The molecule has 3 rings (SSSR count). The highest BCUT2D eigenvalue weighted by Crippen LogP contribution is 2.38. The van der Waals surface area contributed by atoms with E-state index in [0.717, 1.165) is 29.9 Å². The third-order valence-corrected chi connectivity index (χ3v) is 4.35. The number of aryl methyl sites for hydroxylation is 1. The van der Waals surface area contributed by atoms with Crippen LogP contribution in [-0.4, -0.2) is 22.6 Å². The average Bonchev–Trinajstić information content (AvgIpc) is 2.97. The van der Waals surface area contributed by atoms with Gasteiger partial charge in [0.05, 0.1) is 0 Å². The Labute approximate surface area is 103 Å². The number of rotatable bonds is 2. The maximum atomic E-state index is 6.02. The number of hydrogen-bond donors (Lipinski definition) is 2. The molecule has 1 saturated heterocycles. The second-order valence-electron chi connectivity index (χ2n) is 5.51. The van der Waals surface area contributed by atoms with Gasteiger partial charge in [0, 0.05) is 12.6 Å². The summed E-state index contributed by atoms with van der Waals surface area (Å²) in [6.45, 7) is 3.09. The van der Waals surface area contributed by atoms with Gasteiger partial charge in [-0.2, -0.15) is 0 Å². The number of aromatic nitrogens is 2. The summed E-state index contributed by atoms with van der Waals surface area (Å²) in [6.07, 6.45) is 8.20. The van der Waals surface area contributed by atoms with Crippen molar-refractivity contribution in [1.29, 1.82) is 0 Å². The molecule has 1 atom stereocenters. The molecule has 0 amide bonds. The predicted molar refractivity (Wildman–Crippen MR) is 70.1 cm³/mol. The number of imidazole rings is 1. The molecule has 4 nitrogen and oxygen atoms in total. The summed E-state index contributed by atoms with van der Waals surface area (Å²) in [4.78, 5) is 10.1. The SMILES string of the molecule is Cc1nc(N2CCCC2C2CCCC2)c(N)[nH]1. The second-order valence-corrected chi connectivity index (χ2v) is 5.51. The van der Waals surface area contributed by atoms with Crippen molar-refractivity contribution in [3.8, 4) is 0 Å². The molecule has 2 aliphatic rings. The van der Waals surface area contributed by atoms with E-state index in [-0.39, 0.29) is 0 Å². The van der Waals surface area contributed by atoms with Crippen molar-refractivity contribution in [3.05, 3.63) is 5.82 Å². The number of nitrogen functional groups attached to an aromatic ring is 1. The lowest BCUT2D eigenvalue weighted by Gasteiger charge is -2.29. The number of hydrogen-bond acceptors (Lipinski definition) is 3. The molecule has 2 heterocycles. The fourth-order valence-electron chi connectivity index (χ4n) is 3.60. The Balaban J connectivity index is 1.83. The highest BCUT2D eigenvalue weighted by Gasteiger charge is 2.35. The summed E-state index contributed by atoms with van der Waals surface area (Å²) in [6, 6.07) is 0.683. The van der Waals surface area contributed by atoms with Gasteiger partial charge >= 0.3 is 0 Å². The normalized spacial score (nSPS) is 25.9. The number of aromatic amines is 1. The highest BCUT2D eigenvalue weighted by atomic mass is 15.3. The van der Waals surface area contributed by atoms with Gasteiger partial charge in [-0.05, 0) is 38.5 Å². The molecule has 17 heavy (non-hydrogen) atoms. The molecule has 1 aromatic rings. The van der Waals surface area contributed by atoms with E-state index < -0.39 is 0 Å². The monoisotopic (exact) mass is 234 g/mol. The molecule has 4 heteroatoms. The van der Waals surface area contributed by atoms with E-state index >= 15 is 0 Å². The molecule has 2 fully saturated rings. The molecule has 3 N–H and O–H groups in total. The Kier molecular flexibility index (Phi) is 2.73. The van der Waals surface area contributed by atoms with Crippen LogP contribution in [0.1, 0.15) is 44.3 Å². The minimum Gasteiger partial charge on any atom is -0.382 e. The van der Waals surface area contributed by atoms with Gasteiger partial charge in [0.25, 0.3) is 0 Å². The lowest BCUT2D eigenvalue weighted by Crippen LogP contribution is -2.35. The first kappa shape index (κ1) is 10.9. The van der Waals surface area contributed by atoms with E-state index in [2.05, 4.69) is 14.9 Å². The van der Waals surface area contributed by atoms with Crippen molar-refractivity contribution in [2.75, 3.05) is 17.2 Å². The fraction of sp³-hybridized carbons (Fsp3) is 0.769. The Morgan fingerprint density at radius 3 is 2.65 bits per heavy atom. The van der Waals surface area contributed by atoms with E-state index in [1.165, 1.54) is 38.5 Å². The molecule has 1 aliphatic carbocycles. The van der Waals surface area contributed by atoms with Crippen molar-refractivity contribution in [2.24, 2.45) is 5.92 Å². The lowest BCUT2D eigenvalue weighted by atomic mass is 9.96. The van der Waals surface area contributed by atoms with Crippen LogP contribution in [-0.2, 0) is 0 Å². The zero-order chi connectivity index (χ0) is 11.8. The van der Waals surface area contributed by atoms with Crippen LogP contribution in [0, 0.1) is 12.8 Å². The number of nitrogens with one attached hydrogen (secondary N) is 1. The average molecular weight is 234 g/mol.